The predicted molar refractivity (Wildman–Crippen MR) is 174 cm³/mol. The van der Waals surface area contributed by atoms with Gasteiger partial charge in [-0.2, -0.15) is 0 Å². The Kier molecular flexibility index (Phi) is 35.1. The molecule has 0 N–H and O–H groups in total. The molecule has 0 spiro atoms. The summed E-state index contributed by atoms with van der Waals surface area (Å²) in [7, 11) is 0. The lowest BCUT2D eigenvalue weighted by atomic mass is 10.0. The van der Waals surface area contributed by atoms with Crippen LogP contribution in [0.1, 0.15) is 196 Å². The van der Waals surface area contributed by atoms with Crippen LogP contribution in [-0.4, -0.2) is 25.2 Å². The van der Waals surface area contributed by atoms with Crippen molar-refractivity contribution in [3.8, 4) is 0 Å². The average molecular weight is 569 g/mol. The lowest BCUT2D eigenvalue weighted by molar-refractivity contribution is -0.146. The minimum Gasteiger partial charge on any atom is -0.466 e. The van der Waals surface area contributed by atoms with Crippen molar-refractivity contribution >= 4 is 11.9 Å². The molecule has 0 bridgehead atoms. The normalized spacial score (nSPS) is 11.0. The molecule has 0 aromatic heterocycles. The second kappa shape index (κ2) is 34.1. The molecule has 4 heteroatoms. The third-order valence-electron chi connectivity index (χ3n) is 7.35. The zero-order valence-corrected chi connectivity index (χ0v) is 28.2. The van der Waals surface area contributed by atoms with Crippen LogP contribution in [0.5, 0.6) is 0 Å². The van der Waals surface area contributed by atoms with E-state index in [0.29, 0.717) is 38.9 Å². The Morgan fingerprint density at radius 2 is 0.725 bits per heavy atom. The van der Waals surface area contributed by atoms with Gasteiger partial charge in [0.05, 0.1) is 13.2 Å². The summed E-state index contributed by atoms with van der Waals surface area (Å²) in [6.45, 7) is 14.6. The molecule has 0 atom stereocenters. The first-order chi connectivity index (χ1) is 19.3. The van der Waals surface area contributed by atoms with Crippen LogP contribution in [0.15, 0.2) is 0 Å². The van der Waals surface area contributed by atoms with Crippen molar-refractivity contribution in [1.82, 2.24) is 0 Å². The van der Waals surface area contributed by atoms with Crippen LogP contribution in [0.2, 0.25) is 0 Å². The highest BCUT2D eigenvalue weighted by molar-refractivity contribution is 5.70. The fourth-order valence-corrected chi connectivity index (χ4v) is 4.63. The predicted octanol–water partition coefficient (Wildman–Crippen LogP) is 11.8. The molecule has 0 unspecified atom stereocenters. The van der Waals surface area contributed by atoms with Gasteiger partial charge in [-0.3, -0.25) is 9.59 Å². The lowest BCUT2D eigenvalue weighted by Gasteiger charge is -2.07. The summed E-state index contributed by atoms with van der Waals surface area (Å²) in [5.74, 6) is 1.26. The number of unbranched alkanes of at least 4 members (excludes halogenated alkanes) is 16. The molecule has 0 rings (SSSR count). The molecule has 0 fully saturated rings. The van der Waals surface area contributed by atoms with Crippen molar-refractivity contribution < 1.29 is 19.1 Å². The molecule has 0 aromatic rings. The number of carbonyl (C=O) groups excluding carboxylic acids is 2. The molecule has 0 saturated heterocycles. The third kappa shape index (κ3) is 39.1. The molecule has 4 nitrogen and oxygen atoms in total. The highest BCUT2D eigenvalue weighted by Gasteiger charge is 2.06. The topological polar surface area (TPSA) is 52.6 Å². The van der Waals surface area contributed by atoms with Gasteiger partial charge in [0.15, 0.2) is 0 Å². The van der Waals surface area contributed by atoms with Gasteiger partial charge < -0.3 is 9.47 Å². The van der Waals surface area contributed by atoms with Crippen molar-refractivity contribution in [2.24, 2.45) is 11.8 Å². The Hall–Kier alpha value is -1.06. The Labute approximate surface area is 251 Å². The molecule has 0 aliphatic carbocycles. The van der Waals surface area contributed by atoms with Crippen molar-refractivity contribution in [2.75, 3.05) is 13.2 Å². The summed E-state index contributed by atoms with van der Waals surface area (Å²) in [6.07, 6.45) is 28.3. The Morgan fingerprint density at radius 3 is 1.05 bits per heavy atom. The highest BCUT2D eigenvalue weighted by Crippen LogP contribution is 2.12. The van der Waals surface area contributed by atoms with Gasteiger partial charge in [-0.25, -0.2) is 0 Å². The molecule has 0 aliphatic heterocycles. The summed E-state index contributed by atoms with van der Waals surface area (Å²) in [6, 6.07) is 0. The molecular weight excluding hydrogens is 496 g/mol. The van der Waals surface area contributed by atoms with Gasteiger partial charge >= 0.3 is 11.9 Å². The second-order valence-corrected chi connectivity index (χ2v) is 12.7. The van der Waals surface area contributed by atoms with E-state index in [2.05, 4.69) is 41.5 Å². The van der Waals surface area contributed by atoms with E-state index in [-0.39, 0.29) is 11.9 Å². The first-order valence-corrected chi connectivity index (χ1v) is 17.6. The lowest BCUT2D eigenvalue weighted by Crippen LogP contribution is -2.08. The van der Waals surface area contributed by atoms with Gasteiger partial charge in [0.1, 0.15) is 0 Å². The molecule has 240 valence electrons. The summed E-state index contributed by atoms with van der Waals surface area (Å²) in [4.78, 5) is 23.3. The van der Waals surface area contributed by atoms with Crippen LogP contribution in [0.3, 0.4) is 0 Å². The van der Waals surface area contributed by atoms with Crippen molar-refractivity contribution in [3.63, 3.8) is 0 Å². The molecule has 0 heterocycles. The number of hydrogen-bond donors (Lipinski definition) is 0. The van der Waals surface area contributed by atoms with Gasteiger partial charge in [-0.15, -0.1) is 0 Å². The van der Waals surface area contributed by atoms with E-state index in [4.69, 9.17) is 9.47 Å². The van der Waals surface area contributed by atoms with Gasteiger partial charge in [0.25, 0.3) is 0 Å². The molecule has 0 aliphatic rings. The van der Waals surface area contributed by atoms with E-state index < -0.39 is 0 Å². The molecule has 0 aromatic carbocycles. The standard InChI is InChI=1S/C24H46O4.C12H26/c1-21(2)15-9-5-7-13-19-27-23(25)17-11-12-18-24(26)28-20-14-8-6-10-16-22(3)4;1-3-5-7-9-11-12-10-8-6-4-2/h21-22H,5-20H2,1-4H3;3-12H2,1-2H3. The van der Waals surface area contributed by atoms with Crippen LogP contribution in [-0.2, 0) is 19.1 Å². The smallest absolute Gasteiger partial charge is 0.305 e. The Bertz CT molecular complexity index is 469. The van der Waals surface area contributed by atoms with Crippen LogP contribution in [0, 0.1) is 11.8 Å². The fraction of sp³-hybridized carbons (Fsp3) is 0.944. The minimum absolute atomic E-state index is 0.142. The van der Waals surface area contributed by atoms with Crippen LogP contribution >= 0.6 is 0 Å². The molecular formula is C36H72O4. The zero-order valence-electron chi connectivity index (χ0n) is 28.2. The number of hydrogen-bond acceptors (Lipinski definition) is 4. The molecule has 40 heavy (non-hydrogen) atoms. The molecule has 0 saturated carbocycles. The van der Waals surface area contributed by atoms with Gasteiger partial charge in [0.2, 0.25) is 0 Å². The van der Waals surface area contributed by atoms with Crippen LogP contribution < -0.4 is 0 Å². The van der Waals surface area contributed by atoms with E-state index in [1.165, 1.54) is 103 Å². The Balaban J connectivity index is 0. The van der Waals surface area contributed by atoms with Gasteiger partial charge in [-0.1, -0.05) is 157 Å². The maximum Gasteiger partial charge on any atom is 0.305 e. The number of rotatable bonds is 28. The van der Waals surface area contributed by atoms with E-state index in [1.807, 2.05) is 0 Å². The zero-order chi connectivity index (χ0) is 30.1. The first-order valence-electron chi connectivity index (χ1n) is 17.6. The molecule has 0 radical (unpaired) electrons. The van der Waals surface area contributed by atoms with E-state index in [0.717, 1.165) is 37.5 Å². The number of ether oxygens (including phenoxy) is 2. The average Bonchev–Trinajstić information content (AvgIpc) is 2.91. The van der Waals surface area contributed by atoms with E-state index in [9.17, 15) is 9.59 Å². The number of esters is 2. The Morgan fingerprint density at radius 1 is 0.425 bits per heavy atom. The fourth-order valence-electron chi connectivity index (χ4n) is 4.63. The maximum absolute atomic E-state index is 11.7. The minimum atomic E-state index is -0.142. The SMILES string of the molecule is CC(C)CCCCCCOC(=O)CCCCC(=O)OCCCCCCC(C)C.CCCCCCCCCCCC. The quantitative estimate of drug-likeness (QED) is 0.0695. The third-order valence-corrected chi connectivity index (χ3v) is 7.35. The van der Waals surface area contributed by atoms with E-state index in [1.54, 1.807) is 0 Å². The van der Waals surface area contributed by atoms with Crippen molar-refractivity contribution in [2.45, 2.75) is 196 Å². The van der Waals surface area contributed by atoms with Crippen LogP contribution in [0.4, 0.5) is 0 Å². The second-order valence-electron chi connectivity index (χ2n) is 12.7. The van der Waals surface area contributed by atoms with Gasteiger partial charge in [0, 0.05) is 12.8 Å². The first kappa shape index (κ1) is 41.1. The van der Waals surface area contributed by atoms with E-state index >= 15 is 0 Å². The largest absolute Gasteiger partial charge is 0.466 e. The summed E-state index contributed by atoms with van der Waals surface area (Å²) >= 11 is 0. The maximum atomic E-state index is 11.7. The van der Waals surface area contributed by atoms with Gasteiger partial charge in [-0.05, 0) is 37.5 Å². The summed E-state index contributed by atoms with van der Waals surface area (Å²) < 4.78 is 10.5. The highest BCUT2D eigenvalue weighted by atomic mass is 16.5. The van der Waals surface area contributed by atoms with Crippen LogP contribution in [0.25, 0.3) is 0 Å². The summed E-state index contributed by atoms with van der Waals surface area (Å²) in [5.41, 5.74) is 0. The molecule has 0 amide bonds. The summed E-state index contributed by atoms with van der Waals surface area (Å²) in [5, 5.41) is 0. The van der Waals surface area contributed by atoms with Crippen molar-refractivity contribution in [1.29, 1.82) is 0 Å². The van der Waals surface area contributed by atoms with Crippen molar-refractivity contribution in [3.05, 3.63) is 0 Å². The monoisotopic (exact) mass is 569 g/mol. The number of carbonyl (C=O) groups is 2.